The molecule has 0 aliphatic carbocycles. The average molecular weight is 249 g/mol. The third-order valence-corrected chi connectivity index (χ3v) is 4.51. The molecule has 0 aromatic heterocycles. The summed E-state index contributed by atoms with van der Waals surface area (Å²) in [4.78, 5) is 12.2. The summed E-state index contributed by atoms with van der Waals surface area (Å²) in [5, 5.41) is 3.60. The highest BCUT2D eigenvalue weighted by molar-refractivity contribution is 5.81. The first-order valence-corrected chi connectivity index (χ1v) is 7.69. The molecule has 0 aromatic rings. The van der Waals surface area contributed by atoms with E-state index in [0.29, 0.717) is 23.8 Å². The number of hydrogen-bond donors (Lipinski definition) is 1. The Bertz CT molecular complexity index is 275. The zero-order valence-electron chi connectivity index (χ0n) is 11.5. The van der Waals surface area contributed by atoms with Gasteiger partial charge in [0.2, 0.25) is 0 Å². The Labute approximate surface area is 111 Å². The second-order valence-corrected chi connectivity index (χ2v) is 6.01. The number of allylic oxidation sites excluding steroid dienone is 1. The Morgan fingerprint density at radius 2 is 1.78 bits per heavy atom. The van der Waals surface area contributed by atoms with Gasteiger partial charge in [-0.15, -0.1) is 6.58 Å². The van der Waals surface area contributed by atoms with Crippen molar-refractivity contribution in [3.63, 3.8) is 0 Å². The van der Waals surface area contributed by atoms with Gasteiger partial charge in [-0.1, -0.05) is 18.9 Å². The van der Waals surface area contributed by atoms with E-state index in [1.54, 1.807) is 0 Å². The van der Waals surface area contributed by atoms with Gasteiger partial charge in [0.15, 0.2) is 0 Å². The van der Waals surface area contributed by atoms with E-state index in [9.17, 15) is 4.79 Å². The van der Waals surface area contributed by atoms with Crippen LogP contribution in [0.1, 0.15) is 64.2 Å². The van der Waals surface area contributed by atoms with Crippen LogP contribution in [0.15, 0.2) is 12.7 Å². The Hall–Kier alpha value is -0.630. The molecule has 2 saturated heterocycles. The van der Waals surface area contributed by atoms with Crippen LogP contribution in [0, 0.1) is 5.92 Å². The Kier molecular flexibility index (Phi) is 5.43. The molecule has 0 radical (unpaired) electrons. The van der Waals surface area contributed by atoms with Crippen LogP contribution in [0.3, 0.4) is 0 Å². The molecule has 18 heavy (non-hydrogen) atoms. The van der Waals surface area contributed by atoms with Gasteiger partial charge in [-0.25, -0.2) is 0 Å². The van der Waals surface area contributed by atoms with E-state index in [1.807, 2.05) is 6.08 Å². The van der Waals surface area contributed by atoms with E-state index in [1.165, 1.54) is 32.1 Å². The van der Waals surface area contributed by atoms with Gasteiger partial charge < -0.3 is 5.32 Å². The molecule has 0 aromatic carbocycles. The molecule has 2 aliphatic heterocycles. The zero-order chi connectivity index (χ0) is 12.8. The Morgan fingerprint density at radius 1 is 1.11 bits per heavy atom. The highest BCUT2D eigenvalue weighted by Crippen LogP contribution is 2.32. The number of fused-ring (bicyclic) bond motifs is 2. The molecule has 2 heterocycles. The molecule has 102 valence electrons. The van der Waals surface area contributed by atoms with Gasteiger partial charge in [0.25, 0.3) is 0 Å². The predicted octanol–water partition coefficient (Wildman–Crippen LogP) is 3.61. The first-order valence-electron chi connectivity index (χ1n) is 7.69. The molecule has 2 unspecified atom stereocenters. The monoisotopic (exact) mass is 249 g/mol. The summed E-state index contributed by atoms with van der Waals surface area (Å²) in [6, 6.07) is 1.29. The lowest BCUT2D eigenvalue weighted by molar-refractivity contribution is -0.124. The number of hydrogen-bond acceptors (Lipinski definition) is 2. The summed E-state index contributed by atoms with van der Waals surface area (Å²) in [6.45, 7) is 3.73. The maximum Gasteiger partial charge on any atom is 0.136 e. The molecule has 2 atom stereocenters. The zero-order valence-corrected chi connectivity index (χ0v) is 11.5. The molecule has 2 bridgehead atoms. The van der Waals surface area contributed by atoms with Crippen molar-refractivity contribution in [1.29, 1.82) is 0 Å². The third-order valence-electron chi connectivity index (χ3n) is 4.51. The first kappa shape index (κ1) is 13.8. The number of carbonyl (C=O) groups excluding carboxylic acids is 1. The number of ketones is 1. The standard InChI is InChI=1S/C16H27NO/c1-2-3-4-5-6-7-8-16(18)13-11-14-9-10-15(12-13)17-14/h2,13-15,17H,1,3-12H2. The van der Waals surface area contributed by atoms with Crippen LogP contribution in [0.5, 0.6) is 0 Å². The molecule has 2 heteroatoms. The van der Waals surface area contributed by atoms with Crippen molar-refractivity contribution in [3.05, 3.63) is 12.7 Å². The summed E-state index contributed by atoms with van der Waals surface area (Å²) >= 11 is 0. The van der Waals surface area contributed by atoms with Gasteiger partial charge in [0, 0.05) is 24.4 Å². The van der Waals surface area contributed by atoms with Crippen LogP contribution < -0.4 is 5.32 Å². The maximum atomic E-state index is 12.2. The summed E-state index contributed by atoms with van der Waals surface area (Å²) in [7, 11) is 0. The van der Waals surface area contributed by atoms with E-state index in [0.717, 1.165) is 32.1 Å². The minimum Gasteiger partial charge on any atom is -0.311 e. The minimum absolute atomic E-state index is 0.372. The molecule has 1 N–H and O–H groups in total. The summed E-state index contributed by atoms with van der Waals surface area (Å²) in [5.41, 5.74) is 0. The molecule has 2 rings (SSSR count). The SMILES string of the molecule is C=CCCCCCCC(=O)C1CC2CCC(C1)N2. The highest BCUT2D eigenvalue weighted by Gasteiger charge is 2.35. The van der Waals surface area contributed by atoms with Crippen LogP contribution >= 0.6 is 0 Å². The van der Waals surface area contributed by atoms with Crippen molar-refractivity contribution >= 4 is 5.78 Å². The van der Waals surface area contributed by atoms with Gasteiger partial charge in [-0.2, -0.15) is 0 Å². The minimum atomic E-state index is 0.372. The fourth-order valence-electron chi connectivity index (χ4n) is 3.47. The second kappa shape index (κ2) is 7.08. The topological polar surface area (TPSA) is 29.1 Å². The lowest BCUT2D eigenvalue weighted by atomic mass is 9.87. The largest absolute Gasteiger partial charge is 0.311 e. The van der Waals surface area contributed by atoms with Crippen LogP contribution in [0.4, 0.5) is 0 Å². The molecular formula is C16H27NO. The van der Waals surface area contributed by atoms with Crippen LogP contribution in [-0.4, -0.2) is 17.9 Å². The number of Topliss-reactive ketones (excluding diaryl/α,β-unsaturated/α-hetero) is 1. The third kappa shape index (κ3) is 3.94. The molecule has 0 saturated carbocycles. The molecular weight excluding hydrogens is 222 g/mol. The average Bonchev–Trinajstić information content (AvgIpc) is 2.72. The summed E-state index contributed by atoms with van der Waals surface area (Å²) < 4.78 is 0. The maximum absolute atomic E-state index is 12.2. The van der Waals surface area contributed by atoms with Gasteiger partial charge in [-0.3, -0.25) is 4.79 Å². The van der Waals surface area contributed by atoms with Crippen molar-refractivity contribution in [2.75, 3.05) is 0 Å². The van der Waals surface area contributed by atoms with Crippen LogP contribution in [0.25, 0.3) is 0 Å². The molecule has 0 amide bonds. The first-order chi connectivity index (χ1) is 8.79. The van der Waals surface area contributed by atoms with Crippen molar-refractivity contribution in [1.82, 2.24) is 5.32 Å². The number of nitrogens with one attached hydrogen (secondary N) is 1. The fourth-order valence-corrected chi connectivity index (χ4v) is 3.47. The summed E-state index contributed by atoms with van der Waals surface area (Å²) in [6.07, 6.45) is 13.5. The van der Waals surface area contributed by atoms with E-state index in [-0.39, 0.29) is 0 Å². The van der Waals surface area contributed by atoms with E-state index in [4.69, 9.17) is 0 Å². The smallest absolute Gasteiger partial charge is 0.136 e. The number of piperidine rings is 1. The molecule has 0 spiro atoms. The Balaban J connectivity index is 1.58. The lowest BCUT2D eigenvalue weighted by Gasteiger charge is -2.28. The lowest BCUT2D eigenvalue weighted by Crippen LogP contribution is -2.40. The highest BCUT2D eigenvalue weighted by atomic mass is 16.1. The number of rotatable bonds is 8. The van der Waals surface area contributed by atoms with Gasteiger partial charge >= 0.3 is 0 Å². The normalized spacial score (nSPS) is 30.3. The quantitative estimate of drug-likeness (QED) is 0.526. The Morgan fingerprint density at radius 3 is 2.44 bits per heavy atom. The number of unbranched alkanes of at least 4 members (excludes halogenated alkanes) is 4. The predicted molar refractivity (Wildman–Crippen MR) is 75.6 cm³/mol. The van der Waals surface area contributed by atoms with Crippen molar-refractivity contribution in [3.8, 4) is 0 Å². The van der Waals surface area contributed by atoms with Crippen LogP contribution in [0.2, 0.25) is 0 Å². The van der Waals surface area contributed by atoms with Crippen LogP contribution in [-0.2, 0) is 4.79 Å². The van der Waals surface area contributed by atoms with Crippen molar-refractivity contribution < 1.29 is 4.79 Å². The fraction of sp³-hybridized carbons (Fsp3) is 0.812. The van der Waals surface area contributed by atoms with E-state index < -0.39 is 0 Å². The molecule has 2 nitrogen and oxygen atoms in total. The summed E-state index contributed by atoms with van der Waals surface area (Å²) in [5.74, 6) is 0.911. The van der Waals surface area contributed by atoms with Crippen molar-refractivity contribution in [2.24, 2.45) is 5.92 Å². The van der Waals surface area contributed by atoms with Crippen molar-refractivity contribution in [2.45, 2.75) is 76.3 Å². The van der Waals surface area contributed by atoms with Gasteiger partial charge in [0.05, 0.1) is 0 Å². The van der Waals surface area contributed by atoms with E-state index >= 15 is 0 Å². The van der Waals surface area contributed by atoms with Gasteiger partial charge in [-0.05, 0) is 44.9 Å². The molecule has 2 aliphatic rings. The molecule has 2 fully saturated rings. The number of carbonyl (C=O) groups is 1. The second-order valence-electron chi connectivity index (χ2n) is 6.01. The van der Waals surface area contributed by atoms with Gasteiger partial charge in [0.1, 0.15) is 5.78 Å². The van der Waals surface area contributed by atoms with E-state index in [2.05, 4.69) is 11.9 Å².